The Morgan fingerprint density at radius 2 is 1.79 bits per heavy atom. The molecule has 19 nitrogen and oxygen atoms in total. The molecule has 1 aliphatic rings. The molecule has 1 amide bonds. The van der Waals surface area contributed by atoms with Crippen LogP contribution in [-0.4, -0.2) is 86.9 Å². The highest BCUT2D eigenvalue weighted by Crippen LogP contribution is 2.66. The minimum atomic E-state index is -5.68. The molecule has 2 unspecified atom stereocenters. The Morgan fingerprint density at radius 3 is 2.44 bits per heavy atom. The Hall–Kier alpha value is -2.21. The average molecular weight is 688 g/mol. The maximum atomic E-state index is 12.3. The highest BCUT2D eigenvalue weighted by molar-refractivity contribution is 7.66. The number of hydrogen-bond acceptors (Lipinski definition) is 13. The highest BCUT2D eigenvalue weighted by atomic mass is 31.3. The first-order chi connectivity index (χ1) is 19.8. The first-order valence-electron chi connectivity index (χ1n) is 11.6. The fraction of sp³-hybridized carbons (Fsp3) is 0.611. The lowest BCUT2D eigenvalue weighted by molar-refractivity contribution is -0.173. The van der Waals surface area contributed by atoms with Crippen LogP contribution in [0.1, 0.15) is 24.6 Å². The van der Waals surface area contributed by atoms with Gasteiger partial charge in [0.05, 0.1) is 38.1 Å². The number of carbonyl (C=O) groups is 1. The van der Waals surface area contributed by atoms with Crippen LogP contribution in [0.4, 0.5) is 19.0 Å². The van der Waals surface area contributed by atoms with Crippen molar-refractivity contribution in [3.05, 3.63) is 22.2 Å². The van der Waals surface area contributed by atoms with Crippen LogP contribution in [0.25, 0.3) is 0 Å². The van der Waals surface area contributed by atoms with E-state index in [1.807, 2.05) is 0 Å². The topological polar surface area (TPSA) is 278 Å². The number of hydrogen-bond donors (Lipinski definition) is 6. The number of anilines is 1. The number of ether oxygens (including phenoxy) is 3. The second-order valence-corrected chi connectivity index (χ2v) is 12.5. The summed E-state index contributed by atoms with van der Waals surface area (Å²) >= 11 is 0. The van der Waals surface area contributed by atoms with Gasteiger partial charge in [0.1, 0.15) is 18.7 Å². The molecule has 7 N–H and O–H groups in total. The van der Waals surface area contributed by atoms with Crippen LogP contribution in [0, 0.1) is 11.8 Å². The zero-order chi connectivity index (χ0) is 32.5. The summed E-state index contributed by atoms with van der Waals surface area (Å²) in [4.78, 5) is 62.5. The highest BCUT2D eigenvalue weighted by Gasteiger charge is 2.41. The molecule has 1 aromatic heterocycles. The summed E-state index contributed by atoms with van der Waals surface area (Å²) in [6.45, 7) is -1.34. The first-order valence-corrected chi connectivity index (χ1v) is 16.1. The Labute approximate surface area is 239 Å². The third-order valence-electron chi connectivity index (χ3n) is 4.77. The number of nitrogen functional groups attached to an aromatic ring is 1. The Kier molecular flexibility index (Phi) is 13.5. The molecule has 2 heterocycles. The molecule has 2 rings (SSSR count). The van der Waals surface area contributed by atoms with Crippen molar-refractivity contribution >= 4 is 35.2 Å². The summed E-state index contributed by atoms with van der Waals surface area (Å²) < 4.78 is 98.6. The predicted molar refractivity (Wildman–Crippen MR) is 133 cm³/mol. The maximum absolute atomic E-state index is 12.3. The molecule has 0 aromatic carbocycles. The van der Waals surface area contributed by atoms with Gasteiger partial charge in [-0.05, 0) is 12.8 Å². The number of aromatic nitrogens is 2. The van der Waals surface area contributed by atoms with E-state index in [4.69, 9.17) is 29.7 Å². The van der Waals surface area contributed by atoms with E-state index in [0.29, 0.717) is 0 Å². The summed E-state index contributed by atoms with van der Waals surface area (Å²) in [6, 6.07) is 0. The molecule has 0 bridgehead atoms. The lowest BCUT2D eigenvalue weighted by atomic mass is 10.2. The van der Waals surface area contributed by atoms with Gasteiger partial charge in [-0.3, -0.25) is 13.9 Å². The quantitative estimate of drug-likeness (QED) is 0.0798. The molecule has 0 saturated carbocycles. The molecule has 1 saturated heterocycles. The van der Waals surface area contributed by atoms with Crippen LogP contribution in [0.15, 0.2) is 11.0 Å². The van der Waals surface area contributed by atoms with E-state index in [0.717, 1.165) is 4.57 Å². The fourth-order valence-corrected chi connectivity index (χ4v) is 6.14. The van der Waals surface area contributed by atoms with E-state index >= 15 is 0 Å². The van der Waals surface area contributed by atoms with Crippen molar-refractivity contribution in [1.82, 2.24) is 14.9 Å². The van der Waals surface area contributed by atoms with Gasteiger partial charge in [0.15, 0.2) is 0 Å². The van der Waals surface area contributed by atoms with E-state index in [1.165, 1.54) is 6.20 Å². The third-order valence-corrected chi connectivity index (χ3v) is 8.58. The second kappa shape index (κ2) is 15.7. The smallest absolute Gasteiger partial charge is 0.382 e. The lowest BCUT2D eigenvalue weighted by Crippen LogP contribution is -2.38. The second-order valence-electron chi connectivity index (χ2n) is 8.13. The summed E-state index contributed by atoms with van der Waals surface area (Å²) in [5.41, 5.74) is 5.03. The Bertz CT molecular complexity index is 1390. The largest absolute Gasteiger partial charge is 0.490 e. The molecule has 1 aliphatic heterocycles. The van der Waals surface area contributed by atoms with Crippen LogP contribution >= 0.6 is 23.5 Å². The monoisotopic (exact) mass is 688 g/mol. The standard InChI is InChI=1S/C18H26F3N4O15P3/c19-18(20,21)16(26)23-5-7-36-9-8-35-6-1-2-12-10-25(17(27)24-15(12)22)14-4-3-13(38-14)11-37-42(31,32)40-43(33,34)39-41(28,29)30/h10,13-14H,3-9,11H2,(H,23,26)(H,31,32)(H,33,34)(H2,22,24,27)(H2,28,29,30)/t13-,14+/m0/s1. The first kappa shape index (κ1) is 37.0. The maximum Gasteiger partial charge on any atom is 0.490 e. The Balaban J connectivity index is 1.82. The minimum absolute atomic E-state index is 0.000387. The summed E-state index contributed by atoms with van der Waals surface area (Å²) in [7, 11) is -16.6. The zero-order valence-corrected chi connectivity index (χ0v) is 24.3. The van der Waals surface area contributed by atoms with E-state index in [1.54, 1.807) is 5.32 Å². The molecular weight excluding hydrogens is 662 g/mol. The number of alkyl halides is 3. The van der Waals surface area contributed by atoms with Gasteiger partial charge in [-0.25, -0.2) is 18.5 Å². The van der Waals surface area contributed by atoms with Gasteiger partial charge in [0.25, 0.3) is 0 Å². The van der Waals surface area contributed by atoms with Gasteiger partial charge < -0.3 is 44.8 Å². The molecule has 1 aromatic rings. The minimum Gasteiger partial charge on any atom is -0.382 e. The van der Waals surface area contributed by atoms with Crippen LogP contribution in [0.5, 0.6) is 0 Å². The molecule has 4 atom stereocenters. The van der Waals surface area contributed by atoms with Crippen molar-refractivity contribution in [2.75, 3.05) is 45.3 Å². The molecule has 0 aliphatic carbocycles. The number of nitrogens with two attached hydrogens (primary N) is 1. The zero-order valence-electron chi connectivity index (χ0n) is 21.6. The van der Waals surface area contributed by atoms with Crippen molar-refractivity contribution in [1.29, 1.82) is 0 Å². The van der Waals surface area contributed by atoms with Gasteiger partial charge in [0.2, 0.25) is 0 Å². The number of rotatable bonds is 15. The van der Waals surface area contributed by atoms with Gasteiger partial charge in [-0.1, -0.05) is 11.8 Å². The SMILES string of the molecule is Nc1nc(=O)n([C@H]2CC[C@@H](COP(=O)(O)OP(=O)(O)OP(=O)(O)O)O2)cc1C#CCOCCOCCNC(=O)C(F)(F)F. The molecule has 1 fully saturated rings. The number of carbonyl (C=O) groups excluding carboxylic acids is 1. The summed E-state index contributed by atoms with van der Waals surface area (Å²) in [6.07, 6.45) is -5.30. The normalized spacial score (nSPS) is 20.1. The van der Waals surface area contributed by atoms with E-state index in [2.05, 4.69) is 30.0 Å². The number of phosphoric acid groups is 3. The number of amides is 1. The summed E-state index contributed by atoms with van der Waals surface area (Å²) in [5, 5.41) is 1.63. The molecule has 43 heavy (non-hydrogen) atoms. The Morgan fingerprint density at radius 1 is 1.12 bits per heavy atom. The van der Waals surface area contributed by atoms with Crippen molar-refractivity contribution in [3.63, 3.8) is 0 Å². The van der Waals surface area contributed by atoms with Crippen molar-refractivity contribution in [2.24, 2.45) is 0 Å². The molecule has 0 radical (unpaired) electrons. The molecule has 25 heteroatoms. The molecule has 0 spiro atoms. The third kappa shape index (κ3) is 14.0. The lowest BCUT2D eigenvalue weighted by Gasteiger charge is -2.19. The van der Waals surface area contributed by atoms with Gasteiger partial charge in [-0.2, -0.15) is 26.8 Å². The van der Waals surface area contributed by atoms with Crippen LogP contribution < -0.4 is 16.7 Å². The number of phosphoric ester groups is 1. The number of nitrogens with zero attached hydrogens (tertiary/aromatic N) is 2. The van der Waals surface area contributed by atoms with Crippen LogP contribution in [-0.2, 0) is 45.8 Å². The van der Waals surface area contributed by atoms with Crippen molar-refractivity contribution < 1.29 is 78.6 Å². The number of nitrogens with one attached hydrogen (secondary N) is 1. The van der Waals surface area contributed by atoms with Gasteiger partial charge in [-0.15, -0.1) is 0 Å². The van der Waals surface area contributed by atoms with Crippen LogP contribution in [0.3, 0.4) is 0 Å². The fourth-order valence-electron chi connectivity index (χ4n) is 3.09. The summed E-state index contributed by atoms with van der Waals surface area (Å²) in [5.74, 6) is 2.96. The van der Waals surface area contributed by atoms with E-state index in [9.17, 15) is 46.2 Å². The van der Waals surface area contributed by atoms with E-state index in [-0.39, 0.29) is 57.2 Å². The average Bonchev–Trinajstić information content (AvgIpc) is 3.31. The van der Waals surface area contributed by atoms with Gasteiger partial charge >= 0.3 is 41.2 Å². The van der Waals surface area contributed by atoms with E-state index < -0.39 is 60.2 Å². The molecule has 244 valence electrons. The predicted octanol–water partition coefficient (Wildman–Crippen LogP) is -0.0904. The number of halogens is 3. The van der Waals surface area contributed by atoms with Gasteiger partial charge in [0, 0.05) is 12.7 Å². The van der Waals surface area contributed by atoms with Crippen LogP contribution in [0.2, 0.25) is 0 Å². The van der Waals surface area contributed by atoms with Crippen molar-refractivity contribution in [3.8, 4) is 11.8 Å². The molecular formula is C18H26F3N4O15P3. The van der Waals surface area contributed by atoms with Crippen molar-refractivity contribution in [2.45, 2.75) is 31.3 Å².